The summed E-state index contributed by atoms with van der Waals surface area (Å²) < 4.78 is 2.13. The van der Waals surface area contributed by atoms with E-state index in [0.717, 1.165) is 14.9 Å². The van der Waals surface area contributed by atoms with Crippen molar-refractivity contribution >= 4 is 27.5 Å². The van der Waals surface area contributed by atoms with Gasteiger partial charge in [-0.15, -0.1) is 11.3 Å². The Morgan fingerprint density at radius 1 is 1.25 bits per heavy atom. The van der Waals surface area contributed by atoms with Gasteiger partial charge in [-0.3, -0.25) is 4.79 Å². The van der Waals surface area contributed by atoms with E-state index >= 15 is 0 Å². The topological polar surface area (TPSA) is 85.1 Å². The summed E-state index contributed by atoms with van der Waals surface area (Å²) in [6.07, 6.45) is 0. The van der Waals surface area contributed by atoms with Gasteiger partial charge in [-0.25, -0.2) is 14.5 Å². The highest BCUT2D eigenvalue weighted by atomic mass is 32.1. The van der Waals surface area contributed by atoms with Gasteiger partial charge in [0.1, 0.15) is 5.01 Å². The maximum absolute atomic E-state index is 11.7. The predicted molar refractivity (Wildman–Crippen MR) is 74.2 cm³/mol. The summed E-state index contributed by atoms with van der Waals surface area (Å²) in [6, 6.07) is 10.0. The molecule has 0 aliphatic heterocycles. The van der Waals surface area contributed by atoms with Gasteiger partial charge in [-0.2, -0.15) is 5.10 Å². The first kappa shape index (κ1) is 12.5. The Hall–Kier alpha value is -2.54. The fourth-order valence-corrected chi connectivity index (χ4v) is 2.74. The number of carboxylic acids is 1. The van der Waals surface area contributed by atoms with Gasteiger partial charge in [0.15, 0.2) is 5.69 Å². The molecule has 0 unspecified atom stereocenters. The third-order valence-electron chi connectivity index (χ3n) is 2.71. The third-order valence-corrected chi connectivity index (χ3v) is 3.73. The van der Waals surface area contributed by atoms with Gasteiger partial charge in [-0.1, -0.05) is 12.1 Å². The summed E-state index contributed by atoms with van der Waals surface area (Å²) in [4.78, 5) is 27.0. The number of aromatic carboxylic acids is 1. The van der Waals surface area contributed by atoms with Crippen molar-refractivity contribution in [3.8, 4) is 0 Å². The van der Waals surface area contributed by atoms with Crippen molar-refractivity contribution in [3.05, 3.63) is 57.5 Å². The van der Waals surface area contributed by atoms with Crippen LogP contribution in [0.25, 0.3) is 10.2 Å². The Balaban J connectivity index is 2.00. The van der Waals surface area contributed by atoms with E-state index in [-0.39, 0.29) is 17.8 Å². The van der Waals surface area contributed by atoms with E-state index in [2.05, 4.69) is 10.1 Å². The first-order chi connectivity index (χ1) is 9.63. The monoisotopic (exact) mass is 287 g/mol. The summed E-state index contributed by atoms with van der Waals surface area (Å²) in [7, 11) is 0. The van der Waals surface area contributed by atoms with Crippen molar-refractivity contribution in [3.63, 3.8) is 0 Å². The van der Waals surface area contributed by atoms with Crippen LogP contribution in [0.5, 0.6) is 0 Å². The van der Waals surface area contributed by atoms with E-state index in [1.165, 1.54) is 23.5 Å². The minimum absolute atomic E-state index is 0.161. The largest absolute Gasteiger partial charge is 0.476 e. The molecule has 7 heteroatoms. The van der Waals surface area contributed by atoms with E-state index < -0.39 is 5.97 Å². The van der Waals surface area contributed by atoms with Crippen LogP contribution in [-0.2, 0) is 6.54 Å². The van der Waals surface area contributed by atoms with Crippen molar-refractivity contribution in [2.45, 2.75) is 6.54 Å². The highest BCUT2D eigenvalue weighted by molar-refractivity contribution is 7.18. The number of aromatic nitrogens is 3. The minimum atomic E-state index is -1.16. The predicted octanol–water partition coefficient (Wildman–Crippen LogP) is 1.60. The fraction of sp³-hybridized carbons (Fsp3) is 0.0769. The van der Waals surface area contributed by atoms with Gasteiger partial charge < -0.3 is 5.11 Å². The average molecular weight is 287 g/mol. The molecule has 0 amide bonds. The number of rotatable bonds is 3. The van der Waals surface area contributed by atoms with E-state index in [1.54, 1.807) is 0 Å². The number of hydrogen-bond donors (Lipinski definition) is 1. The molecule has 0 radical (unpaired) electrons. The number of hydrogen-bond acceptors (Lipinski definition) is 5. The van der Waals surface area contributed by atoms with E-state index in [0.29, 0.717) is 5.01 Å². The summed E-state index contributed by atoms with van der Waals surface area (Å²) in [6.45, 7) is 0.166. The molecule has 0 aliphatic rings. The van der Waals surface area contributed by atoms with Crippen LogP contribution in [0.15, 0.2) is 41.2 Å². The van der Waals surface area contributed by atoms with Crippen LogP contribution in [0.1, 0.15) is 15.5 Å². The first-order valence-electron chi connectivity index (χ1n) is 5.79. The molecule has 2 aromatic heterocycles. The molecular formula is C13H9N3O3S. The lowest BCUT2D eigenvalue weighted by molar-refractivity contribution is 0.0687. The summed E-state index contributed by atoms with van der Waals surface area (Å²) in [5.41, 5.74) is 0.343. The van der Waals surface area contributed by atoms with Crippen LogP contribution in [0, 0.1) is 0 Å². The summed E-state index contributed by atoms with van der Waals surface area (Å²) in [5.74, 6) is -1.16. The summed E-state index contributed by atoms with van der Waals surface area (Å²) >= 11 is 1.46. The first-order valence-corrected chi connectivity index (χ1v) is 6.61. The Bertz CT molecular complexity index is 820. The molecule has 3 aromatic rings. The quantitative estimate of drug-likeness (QED) is 0.791. The Kier molecular flexibility index (Phi) is 3.03. The number of para-hydroxylation sites is 1. The second-order valence-electron chi connectivity index (χ2n) is 4.09. The Morgan fingerprint density at radius 3 is 2.80 bits per heavy atom. The van der Waals surface area contributed by atoms with Gasteiger partial charge in [0.25, 0.3) is 5.56 Å². The van der Waals surface area contributed by atoms with Gasteiger partial charge in [-0.05, 0) is 18.2 Å². The molecule has 1 aromatic carbocycles. The second kappa shape index (κ2) is 4.86. The highest BCUT2D eigenvalue weighted by Gasteiger charge is 2.10. The van der Waals surface area contributed by atoms with Crippen molar-refractivity contribution in [1.29, 1.82) is 0 Å². The van der Waals surface area contributed by atoms with Gasteiger partial charge in [0.2, 0.25) is 0 Å². The Labute approximate surface area is 116 Å². The average Bonchev–Trinajstić information content (AvgIpc) is 2.83. The smallest absolute Gasteiger partial charge is 0.356 e. The number of benzene rings is 1. The lowest BCUT2D eigenvalue weighted by Crippen LogP contribution is -2.24. The fourth-order valence-electron chi connectivity index (χ4n) is 1.79. The van der Waals surface area contributed by atoms with Crippen LogP contribution >= 0.6 is 11.3 Å². The SMILES string of the molecule is O=C(O)c1ccc(=O)n(Cc2nc3ccccc3s2)n1. The Morgan fingerprint density at radius 2 is 2.05 bits per heavy atom. The molecule has 0 fully saturated rings. The molecule has 0 saturated heterocycles. The molecule has 2 heterocycles. The summed E-state index contributed by atoms with van der Waals surface area (Å²) in [5, 5.41) is 13.4. The molecule has 0 bridgehead atoms. The number of thiazole rings is 1. The molecule has 100 valence electrons. The normalized spacial score (nSPS) is 10.8. The lowest BCUT2D eigenvalue weighted by atomic mass is 10.3. The molecule has 6 nitrogen and oxygen atoms in total. The molecule has 3 rings (SSSR count). The molecule has 0 spiro atoms. The van der Waals surface area contributed by atoms with Crippen LogP contribution in [-0.4, -0.2) is 25.8 Å². The third kappa shape index (κ3) is 2.30. The molecule has 0 saturated carbocycles. The van der Waals surface area contributed by atoms with Crippen molar-refractivity contribution in [2.24, 2.45) is 0 Å². The number of nitrogens with zero attached hydrogens (tertiary/aromatic N) is 3. The zero-order valence-corrected chi connectivity index (χ0v) is 11.0. The number of carboxylic acid groups (broad SMARTS) is 1. The minimum Gasteiger partial charge on any atom is -0.476 e. The van der Waals surface area contributed by atoms with Crippen LogP contribution in [0.3, 0.4) is 0 Å². The molecule has 20 heavy (non-hydrogen) atoms. The van der Waals surface area contributed by atoms with E-state index in [1.807, 2.05) is 24.3 Å². The molecular weight excluding hydrogens is 278 g/mol. The number of fused-ring (bicyclic) bond motifs is 1. The van der Waals surface area contributed by atoms with Crippen LogP contribution in [0.4, 0.5) is 0 Å². The van der Waals surface area contributed by atoms with E-state index in [4.69, 9.17) is 5.11 Å². The van der Waals surface area contributed by atoms with Gasteiger partial charge in [0, 0.05) is 6.07 Å². The highest BCUT2D eigenvalue weighted by Crippen LogP contribution is 2.21. The second-order valence-corrected chi connectivity index (χ2v) is 5.21. The van der Waals surface area contributed by atoms with Crippen LogP contribution in [0.2, 0.25) is 0 Å². The molecule has 0 aliphatic carbocycles. The standard InChI is InChI=1S/C13H9N3O3S/c17-12-6-5-9(13(18)19)15-16(12)7-11-14-8-3-1-2-4-10(8)20-11/h1-6H,7H2,(H,18,19). The van der Waals surface area contributed by atoms with Crippen LogP contribution < -0.4 is 5.56 Å². The maximum Gasteiger partial charge on any atom is 0.356 e. The van der Waals surface area contributed by atoms with Gasteiger partial charge in [0.05, 0.1) is 16.8 Å². The van der Waals surface area contributed by atoms with Crippen molar-refractivity contribution < 1.29 is 9.90 Å². The molecule has 1 N–H and O–H groups in total. The zero-order chi connectivity index (χ0) is 14.1. The van der Waals surface area contributed by atoms with Crippen molar-refractivity contribution in [1.82, 2.24) is 14.8 Å². The maximum atomic E-state index is 11.7. The van der Waals surface area contributed by atoms with Crippen molar-refractivity contribution in [2.75, 3.05) is 0 Å². The number of carbonyl (C=O) groups is 1. The van der Waals surface area contributed by atoms with Gasteiger partial charge >= 0.3 is 5.97 Å². The zero-order valence-electron chi connectivity index (χ0n) is 10.2. The molecule has 0 atom stereocenters. The van der Waals surface area contributed by atoms with E-state index in [9.17, 15) is 9.59 Å². The lowest BCUT2D eigenvalue weighted by Gasteiger charge is -2.02.